The minimum Gasteiger partial charge on any atom is -0.497 e. The van der Waals surface area contributed by atoms with Gasteiger partial charge in [-0.25, -0.2) is 0 Å². The highest BCUT2D eigenvalue weighted by molar-refractivity contribution is 6.14. The van der Waals surface area contributed by atoms with Gasteiger partial charge >= 0.3 is 0 Å². The molecule has 2 aromatic rings. The molecule has 0 bridgehead atoms. The van der Waals surface area contributed by atoms with Gasteiger partial charge in [-0.15, -0.1) is 0 Å². The molecule has 0 saturated carbocycles. The smallest absolute Gasteiger partial charge is 0.231 e. The van der Waals surface area contributed by atoms with Gasteiger partial charge in [0.1, 0.15) is 23.9 Å². The number of Topliss-reactive ketones (excluding diaryl/α,β-unsaturated/α-hetero) is 1. The maximum atomic E-state index is 12.4. The van der Waals surface area contributed by atoms with Crippen LogP contribution in [0, 0.1) is 0 Å². The molecular formula is C20H18O4. The Hall–Kier alpha value is -3.01. The zero-order valence-corrected chi connectivity index (χ0v) is 13.7. The molecule has 4 nitrogen and oxygen atoms in total. The van der Waals surface area contributed by atoms with Crippen molar-refractivity contribution in [3.63, 3.8) is 0 Å². The number of carbonyl (C=O) groups is 1. The monoisotopic (exact) mass is 322 g/mol. The summed E-state index contributed by atoms with van der Waals surface area (Å²) in [5.41, 5.74) is 2.31. The van der Waals surface area contributed by atoms with Gasteiger partial charge < -0.3 is 14.2 Å². The Morgan fingerprint density at radius 2 is 2.04 bits per heavy atom. The van der Waals surface area contributed by atoms with Gasteiger partial charge in [-0.2, -0.15) is 0 Å². The molecule has 24 heavy (non-hydrogen) atoms. The minimum absolute atomic E-state index is 0.138. The lowest BCUT2D eigenvalue weighted by Crippen LogP contribution is -1.99. The Morgan fingerprint density at radius 1 is 1.21 bits per heavy atom. The van der Waals surface area contributed by atoms with Crippen molar-refractivity contribution >= 4 is 11.9 Å². The fourth-order valence-corrected chi connectivity index (χ4v) is 2.35. The van der Waals surface area contributed by atoms with Crippen molar-refractivity contribution in [2.75, 3.05) is 13.7 Å². The highest BCUT2D eigenvalue weighted by atomic mass is 16.5. The number of methoxy groups -OCH3 is 1. The Morgan fingerprint density at radius 3 is 2.79 bits per heavy atom. The van der Waals surface area contributed by atoms with Gasteiger partial charge in [-0.3, -0.25) is 4.79 Å². The van der Waals surface area contributed by atoms with E-state index in [0.717, 1.165) is 16.9 Å². The van der Waals surface area contributed by atoms with E-state index < -0.39 is 0 Å². The van der Waals surface area contributed by atoms with Crippen LogP contribution < -0.4 is 14.2 Å². The van der Waals surface area contributed by atoms with Crippen LogP contribution in [0.2, 0.25) is 0 Å². The standard InChI is InChI=1S/C20H18O4/c1-13(2)12-23-16-6-4-5-14(9-16)10-19-20(21)17-8-7-15(22-3)11-18(17)24-19/h4-11H,1,12H2,2-3H3/b19-10-. The van der Waals surface area contributed by atoms with E-state index in [0.29, 0.717) is 23.7 Å². The third-order valence-corrected chi connectivity index (χ3v) is 3.52. The maximum Gasteiger partial charge on any atom is 0.231 e. The Kier molecular flexibility index (Phi) is 4.38. The van der Waals surface area contributed by atoms with Crippen LogP contribution in [-0.2, 0) is 0 Å². The first kappa shape index (κ1) is 15.9. The predicted octanol–water partition coefficient (Wildman–Crippen LogP) is 4.27. The number of ketones is 1. The average molecular weight is 322 g/mol. The molecular weight excluding hydrogens is 304 g/mol. The van der Waals surface area contributed by atoms with Crippen molar-refractivity contribution < 1.29 is 19.0 Å². The van der Waals surface area contributed by atoms with Crippen molar-refractivity contribution in [3.05, 3.63) is 71.5 Å². The Bertz CT molecular complexity index is 833. The van der Waals surface area contributed by atoms with Crippen LogP contribution in [0.4, 0.5) is 0 Å². The van der Waals surface area contributed by atoms with Crippen LogP contribution in [0.25, 0.3) is 6.08 Å². The number of hydrogen-bond acceptors (Lipinski definition) is 4. The molecule has 2 aromatic carbocycles. The summed E-state index contributed by atoms with van der Waals surface area (Å²) in [5.74, 6) is 2.03. The van der Waals surface area contributed by atoms with Crippen LogP contribution in [0.1, 0.15) is 22.8 Å². The third kappa shape index (κ3) is 3.33. The van der Waals surface area contributed by atoms with Crippen molar-refractivity contribution in [2.45, 2.75) is 6.92 Å². The molecule has 1 heterocycles. The summed E-state index contributed by atoms with van der Waals surface area (Å²) < 4.78 is 16.5. The minimum atomic E-state index is -0.138. The van der Waals surface area contributed by atoms with Crippen LogP contribution >= 0.6 is 0 Å². The summed E-state index contributed by atoms with van der Waals surface area (Å²) in [6, 6.07) is 12.6. The van der Waals surface area contributed by atoms with Gasteiger partial charge in [-0.1, -0.05) is 18.7 Å². The highest BCUT2D eigenvalue weighted by Crippen LogP contribution is 2.34. The lowest BCUT2D eigenvalue weighted by molar-refractivity contribution is 0.101. The molecule has 122 valence electrons. The van der Waals surface area contributed by atoms with E-state index in [2.05, 4.69) is 6.58 Å². The summed E-state index contributed by atoms with van der Waals surface area (Å²) in [4.78, 5) is 12.4. The zero-order chi connectivity index (χ0) is 17.1. The van der Waals surface area contributed by atoms with Gasteiger partial charge in [0.15, 0.2) is 5.76 Å². The summed E-state index contributed by atoms with van der Waals surface area (Å²) >= 11 is 0. The van der Waals surface area contributed by atoms with Crippen LogP contribution in [0.3, 0.4) is 0 Å². The number of allylic oxidation sites excluding steroid dienone is 1. The summed E-state index contributed by atoms with van der Waals surface area (Å²) in [6.07, 6.45) is 1.71. The van der Waals surface area contributed by atoms with Crippen LogP contribution in [-0.4, -0.2) is 19.5 Å². The van der Waals surface area contributed by atoms with E-state index in [1.165, 1.54) is 0 Å². The van der Waals surface area contributed by atoms with Gasteiger partial charge in [0.05, 0.1) is 12.7 Å². The van der Waals surface area contributed by atoms with E-state index in [9.17, 15) is 4.79 Å². The average Bonchev–Trinajstić information content (AvgIpc) is 2.88. The second kappa shape index (κ2) is 6.62. The van der Waals surface area contributed by atoms with Gasteiger partial charge in [0, 0.05) is 6.07 Å². The van der Waals surface area contributed by atoms with E-state index in [1.807, 2.05) is 31.2 Å². The molecule has 4 heteroatoms. The lowest BCUT2D eigenvalue weighted by atomic mass is 10.1. The molecule has 1 aliphatic heterocycles. The van der Waals surface area contributed by atoms with E-state index in [1.54, 1.807) is 31.4 Å². The fraction of sp³-hybridized carbons (Fsp3) is 0.150. The molecule has 0 atom stereocenters. The van der Waals surface area contributed by atoms with Crippen molar-refractivity contribution in [2.24, 2.45) is 0 Å². The summed E-state index contributed by atoms with van der Waals surface area (Å²) in [6.45, 7) is 6.18. The molecule has 0 fully saturated rings. The molecule has 0 aliphatic carbocycles. The first-order valence-electron chi connectivity index (χ1n) is 7.56. The normalized spacial score (nSPS) is 14.2. The summed E-state index contributed by atoms with van der Waals surface area (Å²) in [5, 5.41) is 0. The summed E-state index contributed by atoms with van der Waals surface area (Å²) in [7, 11) is 1.58. The number of hydrogen-bond donors (Lipinski definition) is 0. The van der Waals surface area contributed by atoms with Crippen LogP contribution in [0.15, 0.2) is 60.4 Å². The van der Waals surface area contributed by atoms with E-state index in [-0.39, 0.29) is 11.5 Å². The predicted molar refractivity (Wildman–Crippen MR) is 92.7 cm³/mol. The number of ether oxygens (including phenoxy) is 3. The quantitative estimate of drug-likeness (QED) is 0.609. The van der Waals surface area contributed by atoms with E-state index in [4.69, 9.17) is 14.2 Å². The fourth-order valence-electron chi connectivity index (χ4n) is 2.35. The Balaban J connectivity index is 1.83. The van der Waals surface area contributed by atoms with Gasteiger partial charge in [-0.05, 0) is 48.4 Å². The number of benzene rings is 2. The molecule has 1 aliphatic rings. The highest BCUT2D eigenvalue weighted by Gasteiger charge is 2.27. The third-order valence-electron chi connectivity index (χ3n) is 3.52. The number of rotatable bonds is 5. The molecule has 3 rings (SSSR count). The SMILES string of the molecule is C=C(C)COc1cccc(/C=C2\Oc3cc(OC)ccc3C2=O)c1. The van der Waals surface area contributed by atoms with E-state index >= 15 is 0 Å². The van der Waals surface area contributed by atoms with Gasteiger partial charge in [0.25, 0.3) is 0 Å². The van der Waals surface area contributed by atoms with Gasteiger partial charge in [0.2, 0.25) is 5.78 Å². The van der Waals surface area contributed by atoms with Crippen molar-refractivity contribution in [3.8, 4) is 17.2 Å². The molecule has 0 spiro atoms. The largest absolute Gasteiger partial charge is 0.497 e. The molecule has 0 unspecified atom stereocenters. The first-order chi connectivity index (χ1) is 11.6. The second-order valence-corrected chi connectivity index (χ2v) is 5.62. The number of fused-ring (bicyclic) bond motifs is 1. The zero-order valence-electron chi connectivity index (χ0n) is 13.7. The topological polar surface area (TPSA) is 44.8 Å². The molecule has 0 aromatic heterocycles. The molecule has 0 N–H and O–H groups in total. The van der Waals surface area contributed by atoms with Crippen molar-refractivity contribution in [1.82, 2.24) is 0 Å². The second-order valence-electron chi connectivity index (χ2n) is 5.62. The lowest BCUT2D eigenvalue weighted by Gasteiger charge is -2.06. The Labute approximate surface area is 141 Å². The molecule has 0 saturated heterocycles. The van der Waals surface area contributed by atoms with Crippen molar-refractivity contribution in [1.29, 1.82) is 0 Å². The van der Waals surface area contributed by atoms with Crippen LogP contribution in [0.5, 0.6) is 17.2 Å². The number of carbonyl (C=O) groups excluding carboxylic acids is 1. The molecule has 0 radical (unpaired) electrons. The molecule has 0 amide bonds. The first-order valence-corrected chi connectivity index (χ1v) is 7.56. The maximum absolute atomic E-state index is 12.4.